The van der Waals surface area contributed by atoms with E-state index in [1.54, 1.807) is 17.0 Å². The molecule has 2 saturated heterocycles. The van der Waals surface area contributed by atoms with Crippen LogP contribution in [0.1, 0.15) is 18.4 Å². The number of rotatable bonds is 5. The summed E-state index contributed by atoms with van der Waals surface area (Å²) in [5.74, 6) is -0.0315. The number of aromatic nitrogens is 3. The Hall–Kier alpha value is -3.18. The number of likely N-dealkylation sites (N-methyl/N-ethyl adjacent to an activating group) is 1. The monoisotopic (exact) mass is 550 g/mol. The van der Waals surface area contributed by atoms with E-state index < -0.39 is 17.6 Å². The van der Waals surface area contributed by atoms with Crippen LogP contribution in [0.5, 0.6) is 6.01 Å². The summed E-state index contributed by atoms with van der Waals surface area (Å²) in [6.07, 6.45) is -1.32. The van der Waals surface area contributed by atoms with Crippen LogP contribution in [0.2, 0.25) is 5.02 Å². The first-order valence-corrected chi connectivity index (χ1v) is 12.8. The predicted octanol–water partition coefficient (Wildman–Crippen LogP) is 5.15. The zero-order valence-electron chi connectivity index (χ0n) is 20.8. The molecule has 2 aliphatic heterocycles. The van der Waals surface area contributed by atoms with Gasteiger partial charge in [0.25, 0.3) is 0 Å². The number of ether oxygens (including phenoxy) is 1. The molecule has 4 heterocycles. The van der Waals surface area contributed by atoms with Crippen LogP contribution in [0, 0.1) is 5.82 Å². The van der Waals surface area contributed by atoms with Gasteiger partial charge in [-0.25, -0.2) is 9.37 Å². The summed E-state index contributed by atoms with van der Waals surface area (Å²) in [5, 5.41) is -0.0246. The summed E-state index contributed by atoms with van der Waals surface area (Å²) in [6.45, 7) is 3.23. The second-order valence-electron chi connectivity index (χ2n) is 9.51. The number of likely N-dealkylation sites (tertiary alicyclic amines) is 1. The molecule has 0 spiro atoms. The van der Waals surface area contributed by atoms with Crippen molar-refractivity contribution in [2.24, 2.45) is 0 Å². The maximum atomic E-state index is 13.8. The van der Waals surface area contributed by atoms with Gasteiger partial charge in [-0.15, -0.1) is 0 Å². The zero-order chi connectivity index (χ0) is 26.9. The first-order chi connectivity index (χ1) is 18.2. The molecule has 0 N–H and O–H groups in total. The van der Waals surface area contributed by atoms with Crippen molar-refractivity contribution in [2.45, 2.75) is 25.1 Å². The second-order valence-corrected chi connectivity index (χ2v) is 9.92. The molecule has 2 fully saturated rings. The molecule has 0 amide bonds. The van der Waals surface area contributed by atoms with Crippen molar-refractivity contribution in [1.29, 1.82) is 0 Å². The van der Waals surface area contributed by atoms with Crippen LogP contribution in [-0.2, 0) is 6.18 Å². The molecule has 2 aliphatic rings. The third kappa shape index (κ3) is 5.94. The molecular weight excluding hydrogens is 524 g/mol. The topological polar surface area (TPSA) is 57.6 Å². The van der Waals surface area contributed by atoms with Crippen molar-refractivity contribution >= 4 is 23.2 Å². The Bertz CT molecular complexity index is 1280. The van der Waals surface area contributed by atoms with Gasteiger partial charge in [0.2, 0.25) is 0 Å². The lowest BCUT2D eigenvalue weighted by Crippen LogP contribution is -2.47. The first kappa shape index (κ1) is 26.4. The van der Waals surface area contributed by atoms with Gasteiger partial charge in [0.1, 0.15) is 23.6 Å². The average molecular weight is 551 g/mol. The second kappa shape index (κ2) is 10.9. The average Bonchev–Trinajstić information content (AvgIpc) is 2.90. The Morgan fingerprint density at radius 3 is 2.47 bits per heavy atom. The molecule has 1 unspecified atom stereocenters. The van der Waals surface area contributed by atoms with Crippen LogP contribution in [0.15, 0.2) is 42.6 Å². The first-order valence-electron chi connectivity index (χ1n) is 12.4. The summed E-state index contributed by atoms with van der Waals surface area (Å²) in [6, 6.07) is 8.66. The number of alkyl halides is 3. The minimum Gasteiger partial charge on any atom is -0.459 e. The number of hydrogen-bond donors (Lipinski definition) is 0. The van der Waals surface area contributed by atoms with E-state index in [4.69, 9.17) is 16.3 Å². The van der Waals surface area contributed by atoms with Crippen LogP contribution in [0.3, 0.4) is 0 Å². The van der Waals surface area contributed by atoms with E-state index in [9.17, 15) is 17.6 Å². The summed E-state index contributed by atoms with van der Waals surface area (Å²) < 4.78 is 60.5. The van der Waals surface area contributed by atoms with E-state index in [-0.39, 0.29) is 23.0 Å². The standard InChI is InChI=1S/C26H27ClF4N6O/c1-35-9-3-4-18(16-35)38-25-33-22(17-6-7-21(28)20(27)14-17)15-23(34-25)36-10-12-37(13-11-36)24-19(26(29,30)31)5-2-8-32-24/h2,5-8,14-15,18H,3-4,9-13,16H2,1H3. The van der Waals surface area contributed by atoms with E-state index in [0.29, 0.717) is 43.3 Å². The summed E-state index contributed by atoms with van der Waals surface area (Å²) in [5.41, 5.74) is 0.370. The van der Waals surface area contributed by atoms with Crippen molar-refractivity contribution < 1.29 is 22.3 Å². The fourth-order valence-electron chi connectivity index (χ4n) is 4.81. The van der Waals surface area contributed by atoms with Gasteiger partial charge in [0, 0.05) is 50.6 Å². The Kier molecular flexibility index (Phi) is 7.58. The van der Waals surface area contributed by atoms with Crippen molar-refractivity contribution in [2.75, 3.05) is 56.1 Å². The third-order valence-electron chi connectivity index (χ3n) is 6.76. The zero-order valence-corrected chi connectivity index (χ0v) is 21.5. The molecule has 0 aliphatic carbocycles. The van der Waals surface area contributed by atoms with Gasteiger partial charge < -0.3 is 19.4 Å². The Balaban J connectivity index is 1.40. The molecular formula is C26H27ClF4N6O. The Labute approximate surface area is 223 Å². The van der Waals surface area contributed by atoms with Crippen LogP contribution in [0.4, 0.5) is 29.2 Å². The molecule has 0 saturated carbocycles. The van der Waals surface area contributed by atoms with Crippen molar-refractivity contribution in [3.63, 3.8) is 0 Å². The van der Waals surface area contributed by atoms with Gasteiger partial charge in [-0.05, 0) is 56.8 Å². The Morgan fingerprint density at radius 1 is 1.00 bits per heavy atom. The van der Waals surface area contributed by atoms with E-state index in [0.717, 1.165) is 32.0 Å². The van der Waals surface area contributed by atoms with E-state index in [1.807, 2.05) is 11.9 Å². The highest BCUT2D eigenvalue weighted by Gasteiger charge is 2.36. The number of nitrogens with zero attached hydrogens (tertiary/aromatic N) is 6. The number of benzene rings is 1. The number of anilines is 2. The van der Waals surface area contributed by atoms with Crippen LogP contribution in [-0.4, -0.2) is 72.3 Å². The SMILES string of the molecule is CN1CCCC(Oc2nc(-c3ccc(F)c(Cl)c3)cc(N3CCN(c4ncccc4C(F)(F)F)CC3)n2)C1. The van der Waals surface area contributed by atoms with Crippen LogP contribution in [0.25, 0.3) is 11.3 Å². The van der Waals surface area contributed by atoms with Gasteiger partial charge in [0.15, 0.2) is 0 Å². The van der Waals surface area contributed by atoms with E-state index in [2.05, 4.69) is 19.9 Å². The maximum absolute atomic E-state index is 13.8. The molecule has 0 radical (unpaired) electrons. The van der Waals surface area contributed by atoms with Gasteiger partial charge in [-0.3, -0.25) is 0 Å². The molecule has 2 aromatic heterocycles. The molecule has 12 heteroatoms. The number of piperazine rings is 1. The fourth-order valence-corrected chi connectivity index (χ4v) is 4.99. The normalized spacial score (nSPS) is 19.1. The lowest BCUT2D eigenvalue weighted by Gasteiger charge is -2.37. The molecule has 202 valence electrons. The van der Waals surface area contributed by atoms with E-state index >= 15 is 0 Å². The number of hydrogen-bond acceptors (Lipinski definition) is 7. The third-order valence-corrected chi connectivity index (χ3v) is 7.05. The highest BCUT2D eigenvalue weighted by atomic mass is 35.5. The van der Waals surface area contributed by atoms with Crippen LogP contribution >= 0.6 is 11.6 Å². The smallest absolute Gasteiger partial charge is 0.419 e. The minimum atomic E-state index is -4.49. The van der Waals surface area contributed by atoms with Crippen LogP contribution < -0.4 is 14.5 Å². The lowest BCUT2D eigenvalue weighted by molar-refractivity contribution is -0.137. The largest absolute Gasteiger partial charge is 0.459 e. The predicted molar refractivity (Wildman–Crippen MR) is 137 cm³/mol. The molecule has 1 aromatic carbocycles. The molecule has 1 atom stereocenters. The summed E-state index contributed by atoms with van der Waals surface area (Å²) in [4.78, 5) is 19.0. The Morgan fingerprint density at radius 2 is 1.76 bits per heavy atom. The van der Waals surface area contributed by atoms with Gasteiger partial charge in [0.05, 0.1) is 16.3 Å². The lowest BCUT2D eigenvalue weighted by atomic mass is 10.1. The van der Waals surface area contributed by atoms with Gasteiger partial charge >= 0.3 is 12.2 Å². The molecule has 5 rings (SSSR count). The maximum Gasteiger partial charge on any atom is 0.419 e. The number of piperidine rings is 1. The quantitative estimate of drug-likeness (QED) is 0.407. The molecule has 0 bridgehead atoms. The number of pyridine rings is 1. The van der Waals surface area contributed by atoms with Gasteiger partial charge in [-0.1, -0.05) is 11.6 Å². The number of halogens is 5. The summed E-state index contributed by atoms with van der Waals surface area (Å²) >= 11 is 6.03. The summed E-state index contributed by atoms with van der Waals surface area (Å²) in [7, 11) is 2.03. The van der Waals surface area contributed by atoms with Crippen molar-refractivity contribution in [3.8, 4) is 17.3 Å². The highest BCUT2D eigenvalue weighted by molar-refractivity contribution is 6.31. The van der Waals surface area contributed by atoms with Crippen molar-refractivity contribution in [1.82, 2.24) is 19.9 Å². The highest BCUT2D eigenvalue weighted by Crippen LogP contribution is 2.36. The molecule has 3 aromatic rings. The fraction of sp³-hybridized carbons (Fsp3) is 0.423. The molecule has 38 heavy (non-hydrogen) atoms. The van der Waals surface area contributed by atoms with Crippen molar-refractivity contribution in [3.05, 3.63) is 59.0 Å². The van der Waals surface area contributed by atoms with E-state index in [1.165, 1.54) is 24.4 Å². The minimum absolute atomic E-state index is 0.0246. The molecule has 7 nitrogen and oxygen atoms in total. The van der Waals surface area contributed by atoms with Gasteiger partial charge in [-0.2, -0.15) is 23.1 Å².